The van der Waals surface area contributed by atoms with Crippen molar-refractivity contribution in [2.75, 3.05) is 0 Å². The number of hydrogen-bond donors (Lipinski definition) is 0. The molecule has 0 aliphatic heterocycles. The van der Waals surface area contributed by atoms with Crippen LogP contribution in [0.25, 0.3) is 33.4 Å². The lowest BCUT2D eigenvalue weighted by Gasteiger charge is -2.11. The highest BCUT2D eigenvalue weighted by atomic mass is 14.7. The maximum absolute atomic E-state index is 4.78. The Morgan fingerprint density at radius 1 is 0.783 bits per heavy atom. The van der Waals surface area contributed by atoms with E-state index in [1.54, 1.807) is 6.20 Å². The quantitative estimate of drug-likeness (QED) is 0.540. The van der Waals surface area contributed by atoms with E-state index in [2.05, 4.69) is 41.2 Å². The number of aromatic nitrogens is 3. The van der Waals surface area contributed by atoms with Crippen LogP contribution >= 0.6 is 0 Å². The molecule has 4 aromatic rings. The third-order valence-electron chi connectivity index (χ3n) is 3.97. The summed E-state index contributed by atoms with van der Waals surface area (Å²) >= 11 is 0. The molecule has 0 saturated carbocycles. The summed E-state index contributed by atoms with van der Waals surface area (Å²) < 4.78 is 0. The van der Waals surface area contributed by atoms with Crippen LogP contribution in [0.2, 0.25) is 0 Å². The first-order valence-electron chi connectivity index (χ1n) is 7.55. The number of benzene rings is 1. The Balaban J connectivity index is 1.93. The molecule has 4 rings (SSSR count). The fourth-order valence-corrected chi connectivity index (χ4v) is 2.78. The van der Waals surface area contributed by atoms with Crippen LogP contribution < -0.4 is 0 Å². The number of aryl methyl sites for hydroxylation is 1. The van der Waals surface area contributed by atoms with E-state index in [9.17, 15) is 0 Å². The van der Waals surface area contributed by atoms with Gasteiger partial charge in [0.05, 0.1) is 16.9 Å². The van der Waals surface area contributed by atoms with E-state index in [0.717, 1.165) is 33.4 Å². The van der Waals surface area contributed by atoms with E-state index in [1.165, 1.54) is 5.56 Å². The Morgan fingerprint density at radius 3 is 2.57 bits per heavy atom. The zero-order chi connectivity index (χ0) is 15.6. The monoisotopic (exact) mass is 297 g/mol. The third kappa shape index (κ3) is 2.46. The summed E-state index contributed by atoms with van der Waals surface area (Å²) in [7, 11) is 0. The first-order chi connectivity index (χ1) is 11.3. The molecule has 0 amide bonds. The zero-order valence-electron chi connectivity index (χ0n) is 12.8. The van der Waals surface area contributed by atoms with Crippen molar-refractivity contribution in [3.05, 3.63) is 78.8 Å². The smallest absolute Gasteiger partial charge is 0.0798 e. The highest BCUT2D eigenvalue weighted by molar-refractivity contribution is 5.85. The molecule has 0 aliphatic rings. The molecule has 0 unspecified atom stereocenters. The van der Waals surface area contributed by atoms with Gasteiger partial charge in [-0.3, -0.25) is 9.97 Å². The highest BCUT2D eigenvalue weighted by Gasteiger charge is 2.11. The van der Waals surface area contributed by atoms with E-state index in [1.807, 2.05) is 42.7 Å². The Hall–Kier alpha value is -3.07. The van der Waals surface area contributed by atoms with Crippen LogP contribution in [0, 0.1) is 6.92 Å². The molecule has 0 bridgehead atoms. The van der Waals surface area contributed by atoms with Gasteiger partial charge in [-0.2, -0.15) is 0 Å². The van der Waals surface area contributed by atoms with Gasteiger partial charge in [0.25, 0.3) is 0 Å². The van der Waals surface area contributed by atoms with Crippen LogP contribution in [0.1, 0.15) is 5.56 Å². The van der Waals surface area contributed by atoms with Crippen LogP contribution in [0.15, 0.2) is 73.2 Å². The molecule has 1 aromatic carbocycles. The minimum atomic E-state index is 0.926. The molecule has 3 heterocycles. The van der Waals surface area contributed by atoms with Gasteiger partial charge in [-0.15, -0.1) is 0 Å². The lowest BCUT2D eigenvalue weighted by atomic mass is 9.99. The summed E-state index contributed by atoms with van der Waals surface area (Å²) in [6.45, 7) is 2.10. The van der Waals surface area contributed by atoms with Crippen LogP contribution in [0.3, 0.4) is 0 Å². The summed E-state index contributed by atoms with van der Waals surface area (Å²) in [5.74, 6) is 0. The minimum absolute atomic E-state index is 0.926. The molecular formula is C20H15N3. The number of pyridine rings is 3. The normalized spacial score (nSPS) is 10.8. The third-order valence-corrected chi connectivity index (χ3v) is 3.97. The molecule has 23 heavy (non-hydrogen) atoms. The van der Waals surface area contributed by atoms with E-state index >= 15 is 0 Å². The standard InChI is InChI=1S/C20H15N3/c1-14-5-2-3-6-16(14)20-17(7-4-11-22-20)19-9-8-15-13-21-12-10-18(15)23-19/h2-13H,1H3. The molecule has 0 atom stereocenters. The first kappa shape index (κ1) is 13.6. The second-order valence-electron chi connectivity index (χ2n) is 5.48. The summed E-state index contributed by atoms with van der Waals surface area (Å²) in [4.78, 5) is 13.5. The lowest BCUT2D eigenvalue weighted by molar-refractivity contribution is 1.28. The van der Waals surface area contributed by atoms with Gasteiger partial charge in [0.2, 0.25) is 0 Å². The van der Waals surface area contributed by atoms with Gasteiger partial charge in [-0.05, 0) is 42.8 Å². The summed E-state index contributed by atoms with van der Waals surface area (Å²) in [6, 6.07) is 18.3. The lowest BCUT2D eigenvalue weighted by Crippen LogP contribution is -1.93. The largest absolute Gasteiger partial charge is 0.264 e. The Kier molecular flexibility index (Phi) is 3.31. The highest BCUT2D eigenvalue weighted by Crippen LogP contribution is 2.31. The number of rotatable bonds is 2. The maximum atomic E-state index is 4.78. The van der Waals surface area contributed by atoms with Gasteiger partial charge >= 0.3 is 0 Å². The molecule has 3 nitrogen and oxygen atoms in total. The zero-order valence-corrected chi connectivity index (χ0v) is 12.8. The van der Waals surface area contributed by atoms with Gasteiger partial charge in [-0.1, -0.05) is 24.3 Å². The van der Waals surface area contributed by atoms with Gasteiger partial charge < -0.3 is 0 Å². The molecule has 3 aromatic heterocycles. The molecule has 3 heteroatoms. The summed E-state index contributed by atoms with van der Waals surface area (Å²) in [5, 5.41) is 1.04. The van der Waals surface area contributed by atoms with Gasteiger partial charge in [0.15, 0.2) is 0 Å². The fraction of sp³-hybridized carbons (Fsp3) is 0.0500. The molecule has 110 valence electrons. The van der Waals surface area contributed by atoms with Crippen molar-refractivity contribution in [3.8, 4) is 22.5 Å². The SMILES string of the molecule is Cc1ccccc1-c1ncccc1-c1ccc2cnccc2n1. The molecule has 0 fully saturated rings. The van der Waals surface area contributed by atoms with Gasteiger partial charge in [0, 0.05) is 35.1 Å². The van der Waals surface area contributed by atoms with E-state index < -0.39 is 0 Å². The van der Waals surface area contributed by atoms with E-state index in [-0.39, 0.29) is 0 Å². The molecule has 0 aliphatic carbocycles. The molecule has 0 N–H and O–H groups in total. The summed E-state index contributed by atoms with van der Waals surface area (Å²) in [5.41, 5.74) is 6.22. The second kappa shape index (κ2) is 5.61. The Morgan fingerprint density at radius 2 is 1.65 bits per heavy atom. The number of nitrogens with zero attached hydrogens (tertiary/aromatic N) is 3. The van der Waals surface area contributed by atoms with Crippen LogP contribution in [0.4, 0.5) is 0 Å². The predicted octanol–water partition coefficient (Wildman–Crippen LogP) is 4.67. The molecule has 0 spiro atoms. The topological polar surface area (TPSA) is 38.7 Å². The van der Waals surface area contributed by atoms with Crippen molar-refractivity contribution >= 4 is 10.9 Å². The molecular weight excluding hydrogens is 282 g/mol. The average molecular weight is 297 g/mol. The fourth-order valence-electron chi connectivity index (χ4n) is 2.78. The van der Waals surface area contributed by atoms with Crippen LogP contribution in [-0.2, 0) is 0 Å². The predicted molar refractivity (Wildman–Crippen MR) is 92.9 cm³/mol. The number of hydrogen-bond acceptors (Lipinski definition) is 3. The average Bonchev–Trinajstić information content (AvgIpc) is 2.62. The second-order valence-corrected chi connectivity index (χ2v) is 5.48. The van der Waals surface area contributed by atoms with E-state index in [4.69, 9.17) is 4.98 Å². The molecule has 0 saturated heterocycles. The van der Waals surface area contributed by atoms with Crippen molar-refractivity contribution in [2.45, 2.75) is 6.92 Å². The van der Waals surface area contributed by atoms with Crippen molar-refractivity contribution in [2.24, 2.45) is 0 Å². The van der Waals surface area contributed by atoms with Crippen molar-refractivity contribution < 1.29 is 0 Å². The van der Waals surface area contributed by atoms with Crippen molar-refractivity contribution in [3.63, 3.8) is 0 Å². The molecule has 0 radical (unpaired) electrons. The minimum Gasteiger partial charge on any atom is -0.264 e. The maximum Gasteiger partial charge on any atom is 0.0798 e. The van der Waals surface area contributed by atoms with Crippen molar-refractivity contribution in [1.82, 2.24) is 15.0 Å². The van der Waals surface area contributed by atoms with E-state index in [0.29, 0.717) is 0 Å². The van der Waals surface area contributed by atoms with Gasteiger partial charge in [-0.25, -0.2) is 4.98 Å². The Labute approximate surface area is 134 Å². The Bertz CT molecular complexity index is 992. The number of fused-ring (bicyclic) bond motifs is 1. The van der Waals surface area contributed by atoms with Gasteiger partial charge in [0.1, 0.15) is 0 Å². The first-order valence-corrected chi connectivity index (χ1v) is 7.55. The summed E-state index contributed by atoms with van der Waals surface area (Å²) in [6.07, 6.45) is 5.43. The van der Waals surface area contributed by atoms with Crippen LogP contribution in [-0.4, -0.2) is 15.0 Å². The van der Waals surface area contributed by atoms with Crippen LogP contribution in [0.5, 0.6) is 0 Å². The van der Waals surface area contributed by atoms with Crippen molar-refractivity contribution in [1.29, 1.82) is 0 Å².